The molecule has 3 aromatic heterocycles. The second-order valence-corrected chi connectivity index (χ2v) is 5.49. The molecule has 3 heterocycles. The van der Waals surface area contributed by atoms with Crippen LogP contribution >= 0.6 is 0 Å². The van der Waals surface area contributed by atoms with Gasteiger partial charge in [0.25, 0.3) is 5.91 Å². The van der Waals surface area contributed by atoms with E-state index < -0.39 is 0 Å². The van der Waals surface area contributed by atoms with E-state index in [-0.39, 0.29) is 5.91 Å². The van der Waals surface area contributed by atoms with Crippen molar-refractivity contribution in [2.75, 3.05) is 6.54 Å². The Kier molecular flexibility index (Phi) is 3.66. The molecule has 0 atom stereocenters. The SMILES string of the molecule is O=C(NCCCn1nnc2ccccc21)c1cccc2ccnn12. The zero-order valence-corrected chi connectivity index (χ0v) is 13.0. The van der Waals surface area contributed by atoms with Crippen molar-refractivity contribution < 1.29 is 4.79 Å². The van der Waals surface area contributed by atoms with Gasteiger partial charge in [-0.15, -0.1) is 5.10 Å². The molecule has 7 heteroatoms. The molecule has 0 saturated carbocycles. The van der Waals surface area contributed by atoms with Gasteiger partial charge in [0.1, 0.15) is 11.2 Å². The molecule has 0 aliphatic rings. The number of aromatic nitrogens is 5. The number of rotatable bonds is 5. The molecular weight excluding hydrogens is 304 g/mol. The first kappa shape index (κ1) is 14.4. The third kappa shape index (κ3) is 2.60. The molecule has 4 aromatic rings. The molecule has 0 aliphatic heterocycles. The van der Waals surface area contributed by atoms with Crippen LogP contribution in [0.25, 0.3) is 16.6 Å². The monoisotopic (exact) mass is 320 g/mol. The highest BCUT2D eigenvalue weighted by atomic mass is 16.1. The van der Waals surface area contributed by atoms with Gasteiger partial charge in [0.05, 0.1) is 17.2 Å². The van der Waals surface area contributed by atoms with E-state index in [1.807, 2.05) is 47.1 Å². The van der Waals surface area contributed by atoms with E-state index in [0.29, 0.717) is 18.8 Å². The number of nitrogens with one attached hydrogen (secondary N) is 1. The maximum Gasteiger partial charge on any atom is 0.269 e. The smallest absolute Gasteiger partial charge is 0.269 e. The summed E-state index contributed by atoms with van der Waals surface area (Å²) in [6.07, 6.45) is 2.45. The van der Waals surface area contributed by atoms with Crippen molar-refractivity contribution in [2.24, 2.45) is 0 Å². The molecule has 1 N–H and O–H groups in total. The first-order valence-electron chi connectivity index (χ1n) is 7.82. The summed E-state index contributed by atoms with van der Waals surface area (Å²) in [6.45, 7) is 1.26. The fourth-order valence-electron chi connectivity index (χ4n) is 2.73. The molecule has 4 rings (SSSR count). The van der Waals surface area contributed by atoms with Crippen LogP contribution in [0.1, 0.15) is 16.9 Å². The number of hydrogen-bond donors (Lipinski definition) is 1. The van der Waals surface area contributed by atoms with Crippen molar-refractivity contribution in [1.82, 2.24) is 29.9 Å². The second-order valence-electron chi connectivity index (χ2n) is 5.49. The highest BCUT2D eigenvalue weighted by Crippen LogP contribution is 2.10. The van der Waals surface area contributed by atoms with Crippen LogP contribution < -0.4 is 5.32 Å². The Bertz CT molecular complexity index is 1000. The maximum atomic E-state index is 12.3. The highest BCUT2D eigenvalue weighted by Gasteiger charge is 2.10. The zero-order valence-electron chi connectivity index (χ0n) is 13.0. The van der Waals surface area contributed by atoms with Crippen molar-refractivity contribution in [2.45, 2.75) is 13.0 Å². The number of pyridine rings is 1. The molecule has 0 unspecified atom stereocenters. The number of para-hydroxylation sites is 1. The number of fused-ring (bicyclic) bond motifs is 2. The number of carbonyl (C=O) groups is 1. The van der Waals surface area contributed by atoms with E-state index in [1.54, 1.807) is 16.8 Å². The van der Waals surface area contributed by atoms with Crippen LogP contribution in [-0.4, -0.2) is 37.1 Å². The lowest BCUT2D eigenvalue weighted by Crippen LogP contribution is -2.27. The van der Waals surface area contributed by atoms with Gasteiger partial charge in [-0.05, 0) is 36.8 Å². The molecule has 0 radical (unpaired) electrons. The van der Waals surface area contributed by atoms with Gasteiger partial charge in [-0.1, -0.05) is 23.4 Å². The van der Waals surface area contributed by atoms with Crippen molar-refractivity contribution in [3.05, 3.63) is 60.4 Å². The van der Waals surface area contributed by atoms with E-state index in [1.165, 1.54) is 0 Å². The molecule has 0 spiro atoms. The molecule has 120 valence electrons. The van der Waals surface area contributed by atoms with Crippen LogP contribution in [0.4, 0.5) is 0 Å². The Morgan fingerprint density at radius 3 is 2.96 bits per heavy atom. The molecule has 1 aromatic carbocycles. The third-order valence-electron chi connectivity index (χ3n) is 3.91. The molecular formula is C17H16N6O. The van der Waals surface area contributed by atoms with Crippen molar-refractivity contribution >= 4 is 22.5 Å². The highest BCUT2D eigenvalue weighted by molar-refractivity contribution is 5.93. The first-order valence-corrected chi connectivity index (χ1v) is 7.82. The van der Waals surface area contributed by atoms with Gasteiger partial charge < -0.3 is 5.32 Å². The summed E-state index contributed by atoms with van der Waals surface area (Å²) in [4.78, 5) is 12.3. The number of hydrogen-bond acceptors (Lipinski definition) is 4. The second kappa shape index (κ2) is 6.11. The number of amides is 1. The summed E-state index contributed by atoms with van der Waals surface area (Å²) in [5.41, 5.74) is 3.32. The van der Waals surface area contributed by atoms with Crippen LogP contribution in [0.15, 0.2) is 54.7 Å². The fourth-order valence-corrected chi connectivity index (χ4v) is 2.73. The summed E-state index contributed by atoms with van der Waals surface area (Å²) >= 11 is 0. The number of nitrogens with zero attached hydrogens (tertiary/aromatic N) is 5. The Morgan fingerprint density at radius 1 is 1.08 bits per heavy atom. The minimum atomic E-state index is -0.132. The van der Waals surface area contributed by atoms with E-state index in [4.69, 9.17) is 0 Å². The Labute approximate surface area is 137 Å². The molecule has 0 saturated heterocycles. The lowest BCUT2D eigenvalue weighted by Gasteiger charge is -2.07. The number of benzene rings is 1. The number of carbonyl (C=O) groups excluding carboxylic acids is 1. The van der Waals surface area contributed by atoms with Gasteiger partial charge in [-0.25, -0.2) is 9.20 Å². The third-order valence-corrected chi connectivity index (χ3v) is 3.91. The van der Waals surface area contributed by atoms with E-state index in [9.17, 15) is 4.79 Å². The quantitative estimate of drug-likeness (QED) is 0.570. The molecule has 0 bridgehead atoms. The summed E-state index contributed by atoms with van der Waals surface area (Å²) in [6, 6.07) is 15.2. The van der Waals surface area contributed by atoms with Crippen LogP contribution in [0.2, 0.25) is 0 Å². The fraction of sp³-hybridized carbons (Fsp3) is 0.176. The van der Waals surface area contributed by atoms with Crippen molar-refractivity contribution in [1.29, 1.82) is 0 Å². The van der Waals surface area contributed by atoms with Crippen LogP contribution in [0.3, 0.4) is 0 Å². The summed E-state index contributed by atoms with van der Waals surface area (Å²) < 4.78 is 3.50. The summed E-state index contributed by atoms with van der Waals surface area (Å²) in [7, 11) is 0. The Balaban J connectivity index is 1.37. The first-order chi connectivity index (χ1) is 11.8. The summed E-state index contributed by atoms with van der Waals surface area (Å²) in [5.74, 6) is -0.132. The average Bonchev–Trinajstić information content (AvgIpc) is 3.25. The molecule has 0 fully saturated rings. The lowest BCUT2D eigenvalue weighted by atomic mass is 10.3. The predicted octanol–water partition coefficient (Wildman–Crippen LogP) is 1.90. The van der Waals surface area contributed by atoms with Gasteiger partial charge in [0.2, 0.25) is 0 Å². The van der Waals surface area contributed by atoms with Crippen LogP contribution in [-0.2, 0) is 6.54 Å². The molecule has 0 aliphatic carbocycles. The predicted molar refractivity (Wildman–Crippen MR) is 89.7 cm³/mol. The summed E-state index contributed by atoms with van der Waals surface area (Å²) in [5, 5.41) is 15.4. The van der Waals surface area contributed by atoms with E-state index >= 15 is 0 Å². The topological polar surface area (TPSA) is 77.1 Å². The minimum absolute atomic E-state index is 0.132. The van der Waals surface area contributed by atoms with Gasteiger partial charge in [-0.3, -0.25) is 4.79 Å². The largest absolute Gasteiger partial charge is 0.351 e. The van der Waals surface area contributed by atoms with Gasteiger partial charge in [0.15, 0.2) is 0 Å². The average molecular weight is 320 g/mol. The zero-order chi connectivity index (χ0) is 16.4. The Hall–Kier alpha value is -3.22. The van der Waals surface area contributed by atoms with Gasteiger partial charge >= 0.3 is 0 Å². The normalized spacial score (nSPS) is 11.2. The van der Waals surface area contributed by atoms with Crippen molar-refractivity contribution in [3.63, 3.8) is 0 Å². The standard InChI is InChI=1S/C17H16N6O/c24-17(16-8-3-5-13-9-11-19-23(13)16)18-10-4-12-22-15-7-2-1-6-14(15)20-21-22/h1-3,5-9,11H,4,10,12H2,(H,18,24). The van der Waals surface area contributed by atoms with Crippen molar-refractivity contribution in [3.8, 4) is 0 Å². The Morgan fingerprint density at radius 2 is 2.00 bits per heavy atom. The van der Waals surface area contributed by atoms with Gasteiger partial charge in [-0.2, -0.15) is 5.10 Å². The van der Waals surface area contributed by atoms with Crippen LogP contribution in [0, 0.1) is 0 Å². The molecule has 24 heavy (non-hydrogen) atoms. The van der Waals surface area contributed by atoms with Gasteiger partial charge in [0, 0.05) is 13.1 Å². The number of aryl methyl sites for hydroxylation is 1. The molecule has 1 amide bonds. The van der Waals surface area contributed by atoms with E-state index in [2.05, 4.69) is 20.7 Å². The molecule has 7 nitrogen and oxygen atoms in total. The minimum Gasteiger partial charge on any atom is -0.351 e. The van der Waals surface area contributed by atoms with E-state index in [0.717, 1.165) is 23.0 Å². The van der Waals surface area contributed by atoms with Crippen LogP contribution in [0.5, 0.6) is 0 Å². The lowest BCUT2D eigenvalue weighted by molar-refractivity contribution is 0.0945. The maximum absolute atomic E-state index is 12.3.